The number of carboxylic acid groups (broad SMARTS) is 1. The van der Waals surface area contributed by atoms with Gasteiger partial charge in [-0.15, -0.1) is 0 Å². The summed E-state index contributed by atoms with van der Waals surface area (Å²) in [7, 11) is 1.34. The molecule has 0 aliphatic heterocycles. The van der Waals surface area contributed by atoms with Crippen LogP contribution in [0.1, 0.15) is 10.4 Å². The Bertz CT molecular complexity index is 306. The largest absolute Gasteiger partial charge is 0.504 e. The Hall–Kier alpha value is -1.71. The average Bonchev–Trinajstić information content (AvgIpc) is 2.04. The molecule has 0 unspecified atom stereocenters. The number of hydrogen-bond donors (Lipinski definition) is 2. The zero-order chi connectivity index (χ0) is 9.14. The van der Waals surface area contributed by atoms with Gasteiger partial charge in [0.05, 0.1) is 7.11 Å². The summed E-state index contributed by atoms with van der Waals surface area (Å²) >= 11 is 0. The first-order chi connectivity index (χ1) is 5.66. The van der Waals surface area contributed by atoms with Crippen molar-refractivity contribution in [2.24, 2.45) is 0 Å². The van der Waals surface area contributed by atoms with Crippen molar-refractivity contribution in [1.82, 2.24) is 0 Å². The van der Waals surface area contributed by atoms with E-state index in [1.807, 2.05) is 0 Å². The van der Waals surface area contributed by atoms with Crippen molar-refractivity contribution < 1.29 is 19.7 Å². The Labute approximate surface area is 69.0 Å². The lowest BCUT2D eigenvalue weighted by Gasteiger charge is -2.03. The lowest BCUT2D eigenvalue weighted by Crippen LogP contribution is -1.97. The topological polar surface area (TPSA) is 66.8 Å². The van der Waals surface area contributed by atoms with Crippen LogP contribution in [0.5, 0.6) is 11.5 Å². The lowest BCUT2D eigenvalue weighted by molar-refractivity contribution is 0.0693. The molecule has 0 fully saturated rings. The Morgan fingerprint density at radius 3 is 2.75 bits per heavy atom. The monoisotopic (exact) mass is 167 g/mol. The highest BCUT2D eigenvalue weighted by Crippen LogP contribution is 2.28. The zero-order valence-electron chi connectivity index (χ0n) is 6.37. The first-order valence-electron chi connectivity index (χ1n) is 3.17. The molecule has 12 heavy (non-hydrogen) atoms. The third-order valence-electron chi connectivity index (χ3n) is 1.38. The normalized spacial score (nSPS) is 9.42. The van der Waals surface area contributed by atoms with Crippen LogP contribution >= 0.6 is 0 Å². The number of hydrogen-bond acceptors (Lipinski definition) is 3. The van der Waals surface area contributed by atoms with Gasteiger partial charge in [0, 0.05) is 0 Å². The molecule has 0 saturated heterocycles. The van der Waals surface area contributed by atoms with Crippen LogP contribution < -0.4 is 4.74 Å². The second kappa shape index (κ2) is 3.13. The molecule has 0 saturated carbocycles. The molecule has 0 aromatic heterocycles. The predicted octanol–water partition coefficient (Wildman–Crippen LogP) is 0.899. The molecule has 1 radical (unpaired) electrons. The molecular weight excluding hydrogens is 160 g/mol. The molecule has 0 spiro atoms. The standard InChI is InChI=1S/C8H7O4/c1-12-6-4-2-3-5(7(6)9)8(10)11/h3-4,9H,1H3,(H,10,11). The van der Waals surface area contributed by atoms with Gasteiger partial charge >= 0.3 is 5.97 Å². The molecule has 0 amide bonds. The Morgan fingerprint density at radius 2 is 2.25 bits per heavy atom. The summed E-state index contributed by atoms with van der Waals surface area (Å²) in [5, 5.41) is 17.8. The third-order valence-corrected chi connectivity index (χ3v) is 1.38. The van der Waals surface area contributed by atoms with Gasteiger partial charge in [-0.2, -0.15) is 0 Å². The highest BCUT2D eigenvalue weighted by Gasteiger charge is 2.12. The first-order valence-corrected chi connectivity index (χ1v) is 3.17. The Kier molecular flexibility index (Phi) is 2.19. The maximum absolute atomic E-state index is 10.5. The van der Waals surface area contributed by atoms with Crippen LogP contribution in [-0.2, 0) is 0 Å². The van der Waals surface area contributed by atoms with Gasteiger partial charge in [0.25, 0.3) is 0 Å². The number of benzene rings is 1. The first kappa shape index (κ1) is 8.39. The number of ether oxygens (including phenoxy) is 1. The van der Waals surface area contributed by atoms with E-state index in [9.17, 15) is 9.90 Å². The van der Waals surface area contributed by atoms with Crippen molar-refractivity contribution in [2.45, 2.75) is 0 Å². The van der Waals surface area contributed by atoms with E-state index in [4.69, 9.17) is 9.84 Å². The Balaban J connectivity index is 3.23. The molecular formula is C8H7O4. The van der Waals surface area contributed by atoms with Crippen LogP contribution in [0.2, 0.25) is 0 Å². The number of carboxylic acids is 1. The minimum Gasteiger partial charge on any atom is -0.504 e. The van der Waals surface area contributed by atoms with Crippen molar-refractivity contribution >= 4 is 5.97 Å². The summed E-state index contributed by atoms with van der Waals surface area (Å²) < 4.78 is 4.69. The molecule has 0 heterocycles. The van der Waals surface area contributed by atoms with Crippen molar-refractivity contribution in [3.05, 3.63) is 23.8 Å². The van der Waals surface area contributed by atoms with E-state index in [1.54, 1.807) is 0 Å². The van der Waals surface area contributed by atoms with Gasteiger partial charge in [-0.3, -0.25) is 0 Å². The van der Waals surface area contributed by atoms with Gasteiger partial charge < -0.3 is 14.9 Å². The van der Waals surface area contributed by atoms with Gasteiger partial charge in [-0.05, 0) is 18.2 Å². The summed E-state index contributed by atoms with van der Waals surface area (Å²) in [5.74, 6) is -1.47. The average molecular weight is 167 g/mol. The van der Waals surface area contributed by atoms with E-state index < -0.39 is 5.97 Å². The number of aromatic carboxylic acids is 1. The number of methoxy groups -OCH3 is 1. The quantitative estimate of drug-likeness (QED) is 0.686. The molecule has 0 atom stereocenters. The van der Waals surface area contributed by atoms with Crippen molar-refractivity contribution in [3.8, 4) is 11.5 Å². The van der Waals surface area contributed by atoms with Gasteiger partial charge in [0.2, 0.25) is 0 Å². The van der Waals surface area contributed by atoms with Crippen LogP contribution in [0, 0.1) is 6.07 Å². The second-order valence-electron chi connectivity index (χ2n) is 2.09. The fourth-order valence-electron chi connectivity index (χ4n) is 0.789. The number of carbonyl (C=O) groups is 1. The predicted molar refractivity (Wildman–Crippen MR) is 40.5 cm³/mol. The molecule has 4 heteroatoms. The number of aromatic hydroxyl groups is 1. The van der Waals surface area contributed by atoms with Crippen LogP contribution in [-0.4, -0.2) is 23.3 Å². The molecule has 1 aromatic carbocycles. The number of rotatable bonds is 2. The van der Waals surface area contributed by atoms with Crippen LogP contribution in [0.4, 0.5) is 0 Å². The summed E-state index contributed by atoms with van der Waals surface area (Å²) in [5.41, 5.74) is -0.214. The molecule has 2 N–H and O–H groups in total. The minimum atomic E-state index is -1.21. The van der Waals surface area contributed by atoms with E-state index in [0.29, 0.717) is 0 Å². The van der Waals surface area contributed by atoms with E-state index in [2.05, 4.69) is 6.07 Å². The molecule has 4 nitrogen and oxygen atoms in total. The van der Waals surface area contributed by atoms with E-state index in [0.717, 1.165) is 0 Å². The maximum Gasteiger partial charge on any atom is 0.339 e. The van der Waals surface area contributed by atoms with Gasteiger partial charge in [0.15, 0.2) is 11.5 Å². The summed E-state index contributed by atoms with van der Waals surface area (Å²) in [6.07, 6.45) is 0. The van der Waals surface area contributed by atoms with Gasteiger partial charge in [-0.25, -0.2) is 4.79 Å². The fourth-order valence-corrected chi connectivity index (χ4v) is 0.789. The summed E-state index contributed by atoms with van der Waals surface area (Å²) in [6.45, 7) is 0. The summed E-state index contributed by atoms with van der Waals surface area (Å²) in [4.78, 5) is 10.5. The lowest BCUT2D eigenvalue weighted by atomic mass is 10.2. The van der Waals surface area contributed by atoms with Gasteiger partial charge in [0.1, 0.15) is 5.56 Å². The minimum absolute atomic E-state index is 0.106. The van der Waals surface area contributed by atoms with Crippen molar-refractivity contribution in [1.29, 1.82) is 0 Å². The molecule has 0 aliphatic rings. The molecule has 0 aliphatic carbocycles. The summed E-state index contributed by atoms with van der Waals surface area (Å²) in [6, 6.07) is 5.08. The molecule has 1 rings (SSSR count). The van der Waals surface area contributed by atoms with E-state index in [-0.39, 0.29) is 17.1 Å². The van der Waals surface area contributed by atoms with Crippen LogP contribution in [0.15, 0.2) is 12.1 Å². The third kappa shape index (κ3) is 1.32. The van der Waals surface area contributed by atoms with Gasteiger partial charge in [-0.1, -0.05) is 0 Å². The van der Waals surface area contributed by atoms with E-state index in [1.165, 1.54) is 19.2 Å². The van der Waals surface area contributed by atoms with E-state index >= 15 is 0 Å². The smallest absolute Gasteiger partial charge is 0.339 e. The maximum atomic E-state index is 10.5. The van der Waals surface area contributed by atoms with Crippen molar-refractivity contribution in [2.75, 3.05) is 7.11 Å². The molecule has 1 aromatic rings. The molecule has 0 bridgehead atoms. The Morgan fingerprint density at radius 1 is 1.58 bits per heavy atom. The second-order valence-corrected chi connectivity index (χ2v) is 2.09. The number of phenols is 1. The SMILES string of the molecule is COc1c[c]cc(C(=O)O)c1O. The zero-order valence-corrected chi connectivity index (χ0v) is 6.37. The fraction of sp³-hybridized carbons (Fsp3) is 0.125. The van der Waals surface area contributed by atoms with Crippen molar-refractivity contribution in [3.63, 3.8) is 0 Å². The highest BCUT2D eigenvalue weighted by molar-refractivity contribution is 5.91. The van der Waals surface area contributed by atoms with Crippen LogP contribution in [0.3, 0.4) is 0 Å². The molecule has 63 valence electrons. The van der Waals surface area contributed by atoms with Crippen LogP contribution in [0.25, 0.3) is 0 Å². The highest BCUT2D eigenvalue weighted by atomic mass is 16.5.